The molecule has 1 heterocycles. The van der Waals surface area contributed by atoms with Gasteiger partial charge in [0.25, 0.3) is 0 Å². The lowest BCUT2D eigenvalue weighted by atomic mass is 10.1. The van der Waals surface area contributed by atoms with Crippen LogP contribution in [0.2, 0.25) is 0 Å². The van der Waals surface area contributed by atoms with Crippen LogP contribution in [0.15, 0.2) is 0 Å². The molecule has 1 amide bonds. The number of sulfonamides is 1. The molecule has 0 spiro atoms. The van der Waals surface area contributed by atoms with E-state index in [4.69, 9.17) is 5.14 Å². The highest BCUT2D eigenvalue weighted by Crippen LogP contribution is 2.07. The zero-order chi connectivity index (χ0) is 12.0. The first-order chi connectivity index (χ1) is 7.49. The lowest BCUT2D eigenvalue weighted by molar-refractivity contribution is -0.131. The molecule has 0 aromatic rings. The van der Waals surface area contributed by atoms with Gasteiger partial charge in [-0.3, -0.25) is 4.79 Å². The van der Waals surface area contributed by atoms with Gasteiger partial charge in [-0.25, -0.2) is 13.6 Å². The Morgan fingerprint density at radius 3 is 2.44 bits per heavy atom. The molecule has 0 unspecified atom stereocenters. The van der Waals surface area contributed by atoms with Gasteiger partial charge in [-0.15, -0.1) is 0 Å². The number of likely N-dealkylation sites (tertiary alicyclic amines) is 1. The molecule has 0 atom stereocenters. The van der Waals surface area contributed by atoms with Crippen LogP contribution < -0.4 is 10.5 Å². The molecule has 7 heteroatoms. The van der Waals surface area contributed by atoms with E-state index in [1.807, 2.05) is 4.90 Å². The summed E-state index contributed by atoms with van der Waals surface area (Å²) in [6.45, 7) is 2.04. The third-order valence-electron chi connectivity index (χ3n) is 2.55. The predicted octanol–water partition coefficient (Wildman–Crippen LogP) is -1.12. The number of nitrogens with zero attached hydrogens (tertiary/aromatic N) is 1. The second-order valence-corrected chi connectivity index (χ2v) is 5.72. The summed E-state index contributed by atoms with van der Waals surface area (Å²) in [7, 11) is -3.43. The van der Waals surface area contributed by atoms with Crippen LogP contribution in [0.25, 0.3) is 0 Å². The summed E-state index contributed by atoms with van der Waals surface area (Å²) >= 11 is 0. The number of amides is 1. The fourth-order valence-corrected chi connectivity index (χ4v) is 2.09. The zero-order valence-electron chi connectivity index (χ0n) is 9.31. The topological polar surface area (TPSA) is 92.5 Å². The molecule has 16 heavy (non-hydrogen) atoms. The molecule has 1 rings (SSSR count). The summed E-state index contributed by atoms with van der Waals surface area (Å²) in [4.78, 5) is 13.4. The van der Waals surface area contributed by atoms with E-state index in [-0.39, 0.29) is 24.7 Å². The van der Waals surface area contributed by atoms with Crippen molar-refractivity contribution in [2.45, 2.75) is 19.3 Å². The van der Waals surface area contributed by atoms with Gasteiger partial charge in [-0.1, -0.05) is 0 Å². The molecular weight excluding hydrogens is 230 g/mol. The largest absolute Gasteiger partial charge is 0.342 e. The zero-order valence-corrected chi connectivity index (χ0v) is 10.1. The van der Waals surface area contributed by atoms with Crippen molar-refractivity contribution in [1.29, 1.82) is 0 Å². The predicted molar refractivity (Wildman–Crippen MR) is 61.3 cm³/mol. The molecule has 3 N–H and O–H groups in total. The van der Waals surface area contributed by atoms with Gasteiger partial charge < -0.3 is 10.2 Å². The molecule has 1 aliphatic heterocycles. The third-order valence-corrected chi connectivity index (χ3v) is 3.32. The quantitative estimate of drug-likeness (QED) is 0.603. The molecule has 94 valence electrons. The molecule has 0 aromatic heterocycles. The molecule has 1 saturated heterocycles. The number of nitrogens with one attached hydrogen (secondary N) is 1. The molecule has 0 aromatic carbocycles. The minimum Gasteiger partial charge on any atom is -0.342 e. The average molecular weight is 249 g/mol. The molecule has 0 radical (unpaired) electrons. The van der Waals surface area contributed by atoms with Crippen molar-refractivity contribution in [3.63, 3.8) is 0 Å². The van der Waals surface area contributed by atoms with Gasteiger partial charge in [-0.05, 0) is 19.3 Å². The van der Waals surface area contributed by atoms with Crippen molar-refractivity contribution >= 4 is 15.9 Å². The van der Waals surface area contributed by atoms with Crippen LogP contribution in [-0.4, -0.2) is 51.2 Å². The Hall–Kier alpha value is -0.660. The van der Waals surface area contributed by atoms with Crippen molar-refractivity contribution in [3.8, 4) is 0 Å². The second-order valence-electron chi connectivity index (χ2n) is 3.99. The van der Waals surface area contributed by atoms with Crippen LogP contribution in [0.4, 0.5) is 0 Å². The number of carbonyl (C=O) groups is 1. The van der Waals surface area contributed by atoms with E-state index in [1.54, 1.807) is 0 Å². The van der Waals surface area contributed by atoms with Crippen LogP contribution in [0, 0.1) is 0 Å². The number of hydrogen-bond acceptors (Lipinski definition) is 4. The van der Waals surface area contributed by atoms with Crippen molar-refractivity contribution < 1.29 is 13.2 Å². The van der Waals surface area contributed by atoms with Gasteiger partial charge in [-0.2, -0.15) is 0 Å². The first-order valence-corrected chi connectivity index (χ1v) is 7.19. The first kappa shape index (κ1) is 13.4. The Balaban J connectivity index is 2.14. The molecule has 1 fully saturated rings. The highest BCUT2D eigenvalue weighted by Gasteiger charge is 2.15. The smallest absolute Gasteiger partial charge is 0.236 e. The lowest BCUT2D eigenvalue weighted by Gasteiger charge is -2.26. The maximum atomic E-state index is 11.6. The maximum Gasteiger partial charge on any atom is 0.236 e. The van der Waals surface area contributed by atoms with Crippen LogP contribution in [-0.2, 0) is 14.8 Å². The van der Waals surface area contributed by atoms with Crippen LogP contribution in [0.5, 0.6) is 0 Å². The van der Waals surface area contributed by atoms with E-state index in [9.17, 15) is 13.2 Å². The monoisotopic (exact) mass is 249 g/mol. The van der Waals surface area contributed by atoms with Crippen molar-refractivity contribution in [2.75, 3.05) is 31.9 Å². The van der Waals surface area contributed by atoms with E-state index in [1.165, 1.54) is 6.42 Å². The highest BCUT2D eigenvalue weighted by atomic mass is 32.2. The van der Waals surface area contributed by atoms with Crippen molar-refractivity contribution in [3.05, 3.63) is 0 Å². The SMILES string of the molecule is NS(=O)(=O)CCNCC(=O)N1CCCCC1. The number of primary sulfonamides is 1. The van der Waals surface area contributed by atoms with Crippen LogP contribution in [0.3, 0.4) is 0 Å². The summed E-state index contributed by atoms with van der Waals surface area (Å²) in [5, 5.41) is 7.62. The lowest BCUT2D eigenvalue weighted by Crippen LogP contribution is -2.42. The first-order valence-electron chi connectivity index (χ1n) is 5.48. The van der Waals surface area contributed by atoms with Gasteiger partial charge >= 0.3 is 0 Å². The normalized spacial score (nSPS) is 17.4. The Kier molecular flexibility index (Phi) is 5.17. The van der Waals surface area contributed by atoms with E-state index >= 15 is 0 Å². The molecule has 1 aliphatic rings. The van der Waals surface area contributed by atoms with Gasteiger partial charge in [0.1, 0.15) is 0 Å². The fourth-order valence-electron chi connectivity index (χ4n) is 1.66. The summed E-state index contributed by atoms with van der Waals surface area (Å²) in [6, 6.07) is 0. The standard InChI is InChI=1S/C9H19N3O3S/c10-16(14,15)7-4-11-8-9(13)12-5-2-1-3-6-12/h11H,1-8H2,(H2,10,14,15). The van der Waals surface area contributed by atoms with E-state index in [0.29, 0.717) is 0 Å². The Labute approximate surface area is 96.2 Å². The summed E-state index contributed by atoms with van der Waals surface area (Å²) in [6.07, 6.45) is 3.30. The Bertz CT molecular complexity index is 323. The van der Waals surface area contributed by atoms with Crippen LogP contribution in [0.1, 0.15) is 19.3 Å². The van der Waals surface area contributed by atoms with Crippen LogP contribution >= 0.6 is 0 Å². The molecule has 0 saturated carbocycles. The highest BCUT2D eigenvalue weighted by molar-refractivity contribution is 7.89. The molecule has 6 nitrogen and oxygen atoms in total. The Morgan fingerprint density at radius 2 is 1.88 bits per heavy atom. The number of piperidine rings is 1. The average Bonchev–Trinajstić information content (AvgIpc) is 2.24. The minimum absolute atomic E-state index is 0.0362. The summed E-state index contributed by atoms with van der Waals surface area (Å²) < 4.78 is 21.2. The second kappa shape index (κ2) is 6.17. The number of carbonyl (C=O) groups excluding carboxylic acids is 1. The van der Waals surface area contributed by atoms with Crippen molar-refractivity contribution in [1.82, 2.24) is 10.2 Å². The van der Waals surface area contributed by atoms with E-state index in [0.717, 1.165) is 25.9 Å². The number of hydrogen-bond donors (Lipinski definition) is 2. The Morgan fingerprint density at radius 1 is 1.25 bits per heavy atom. The van der Waals surface area contributed by atoms with Crippen molar-refractivity contribution in [2.24, 2.45) is 5.14 Å². The van der Waals surface area contributed by atoms with Gasteiger partial charge in [0.2, 0.25) is 15.9 Å². The number of nitrogens with two attached hydrogens (primary N) is 1. The molecule has 0 bridgehead atoms. The number of rotatable bonds is 5. The van der Waals surface area contributed by atoms with E-state index in [2.05, 4.69) is 5.32 Å². The molecular formula is C9H19N3O3S. The minimum atomic E-state index is -3.43. The summed E-state index contributed by atoms with van der Waals surface area (Å²) in [5.41, 5.74) is 0. The van der Waals surface area contributed by atoms with Gasteiger partial charge in [0, 0.05) is 19.6 Å². The molecule has 0 aliphatic carbocycles. The van der Waals surface area contributed by atoms with E-state index < -0.39 is 10.0 Å². The van der Waals surface area contributed by atoms with Gasteiger partial charge in [0.15, 0.2) is 0 Å². The van der Waals surface area contributed by atoms with Gasteiger partial charge in [0.05, 0.1) is 12.3 Å². The maximum absolute atomic E-state index is 11.6. The summed E-state index contributed by atoms with van der Waals surface area (Å²) in [5.74, 6) is -0.102. The fraction of sp³-hybridized carbons (Fsp3) is 0.889. The third kappa shape index (κ3) is 5.43.